The molecule has 1 aromatic rings. The molecule has 0 aliphatic carbocycles. The van der Waals surface area contributed by atoms with Gasteiger partial charge in [0.2, 0.25) is 0 Å². The van der Waals surface area contributed by atoms with Crippen molar-refractivity contribution < 1.29 is 23.1 Å². The Morgan fingerprint density at radius 3 is 2.67 bits per heavy atom. The zero-order valence-electron chi connectivity index (χ0n) is 10.8. The molecule has 1 N–H and O–H groups in total. The van der Waals surface area contributed by atoms with Gasteiger partial charge in [-0.15, -0.1) is 10.2 Å². The van der Waals surface area contributed by atoms with Crippen LogP contribution in [0.4, 0.5) is 0 Å². The number of nitrogens with zero attached hydrogens (tertiary/aromatic N) is 3. The Morgan fingerprint density at radius 2 is 2.10 bits per heavy atom. The van der Waals surface area contributed by atoms with E-state index in [1.165, 1.54) is 17.0 Å². The van der Waals surface area contributed by atoms with Crippen molar-refractivity contribution in [1.29, 1.82) is 0 Å². The van der Waals surface area contributed by atoms with E-state index in [1.54, 1.807) is 0 Å². The normalized spacial score (nSPS) is 21.0. The first-order valence-electron chi connectivity index (χ1n) is 6.01. The van der Waals surface area contributed by atoms with E-state index in [2.05, 4.69) is 10.2 Å². The number of carbonyl (C=O) groups excluding carboxylic acids is 1. The smallest absolute Gasteiger partial charge is 0.305 e. The van der Waals surface area contributed by atoms with Crippen LogP contribution in [0.2, 0.25) is 5.15 Å². The summed E-state index contributed by atoms with van der Waals surface area (Å²) in [5.74, 6) is -2.29. The van der Waals surface area contributed by atoms with Crippen LogP contribution in [0.15, 0.2) is 12.1 Å². The Morgan fingerprint density at radius 1 is 1.38 bits per heavy atom. The highest BCUT2D eigenvalue weighted by Gasteiger charge is 2.36. The first-order valence-corrected chi connectivity index (χ1v) is 8.21. The maximum absolute atomic E-state index is 12.3. The standard InChI is InChI=1S/C11H12ClN3O5S/c12-9-2-1-8(13-14-9)11(18)15-3-4-21(19,20)6-7(15)5-10(16)17/h1-2,7H,3-6H2,(H,16,17). The molecule has 1 unspecified atom stereocenters. The predicted octanol–water partition coefficient (Wildman–Crippen LogP) is -0.156. The third kappa shape index (κ3) is 3.88. The molecule has 1 fully saturated rings. The molecule has 2 rings (SSSR count). The molecule has 10 heteroatoms. The van der Waals surface area contributed by atoms with E-state index in [4.69, 9.17) is 16.7 Å². The van der Waals surface area contributed by atoms with Crippen molar-refractivity contribution in [2.24, 2.45) is 0 Å². The Hall–Kier alpha value is -1.74. The fraction of sp³-hybridized carbons (Fsp3) is 0.455. The molecule has 2 heterocycles. The van der Waals surface area contributed by atoms with E-state index in [-0.39, 0.29) is 28.9 Å². The van der Waals surface area contributed by atoms with Crippen LogP contribution in [0.3, 0.4) is 0 Å². The average molecular weight is 334 g/mol. The van der Waals surface area contributed by atoms with Gasteiger partial charge in [0.15, 0.2) is 20.7 Å². The zero-order valence-corrected chi connectivity index (χ0v) is 12.3. The highest BCUT2D eigenvalue weighted by Crippen LogP contribution is 2.17. The molecule has 1 saturated heterocycles. The van der Waals surface area contributed by atoms with Gasteiger partial charge < -0.3 is 10.0 Å². The number of hydrogen-bond acceptors (Lipinski definition) is 6. The van der Waals surface area contributed by atoms with Crippen molar-refractivity contribution in [3.05, 3.63) is 23.0 Å². The second-order valence-electron chi connectivity index (χ2n) is 4.61. The maximum Gasteiger partial charge on any atom is 0.305 e. The molecule has 0 aromatic carbocycles. The number of sulfone groups is 1. The number of amides is 1. The number of rotatable bonds is 3. The van der Waals surface area contributed by atoms with Gasteiger partial charge in [-0.1, -0.05) is 11.6 Å². The lowest BCUT2D eigenvalue weighted by atomic mass is 10.2. The lowest BCUT2D eigenvalue weighted by molar-refractivity contribution is -0.138. The highest BCUT2D eigenvalue weighted by molar-refractivity contribution is 7.91. The van der Waals surface area contributed by atoms with E-state index in [0.717, 1.165) is 0 Å². The van der Waals surface area contributed by atoms with E-state index >= 15 is 0 Å². The highest BCUT2D eigenvalue weighted by atomic mass is 35.5. The van der Waals surface area contributed by atoms with Crippen molar-refractivity contribution in [1.82, 2.24) is 15.1 Å². The Kier molecular flexibility index (Phi) is 4.43. The quantitative estimate of drug-likeness (QED) is 0.816. The molecule has 21 heavy (non-hydrogen) atoms. The molecule has 0 bridgehead atoms. The number of carboxylic acid groups (broad SMARTS) is 1. The van der Waals surface area contributed by atoms with Crippen molar-refractivity contribution in [3.8, 4) is 0 Å². The van der Waals surface area contributed by atoms with Crippen LogP contribution in [0, 0.1) is 0 Å². The summed E-state index contributed by atoms with van der Waals surface area (Å²) in [5, 5.41) is 16.2. The SMILES string of the molecule is O=C(O)CC1CS(=O)(=O)CCN1C(=O)c1ccc(Cl)nn1. The summed E-state index contributed by atoms with van der Waals surface area (Å²) in [6, 6.07) is 1.83. The average Bonchev–Trinajstić information content (AvgIpc) is 2.37. The van der Waals surface area contributed by atoms with Gasteiger partial charge in [-0.25, -0.2) is 8.42 Å². The van der Waals surface area contributed by atoms with Crippen LogP contribution >= 0.6 is 11.6 Å². The minimum absolute atomic E-state index is 0.00548. The third-order valence-electron chi connectivity index (χ3n) is 3.05. The monoisotopic (exact) mass is 333 g/mol. The summed E-state index contributed by atoms with van der Waals surface area (Å²) < 4.78 is 23.2. The lowest BCUT2D eigenvalue weighted by Crippen LogP contribution is -2.52. The molecule has 0 spiro atoms. The molecule has 0 radical (unpaired) electrons. The number of aliphatic carboxylic acids is 1. The van der Waals surface area contributed by atoms with Gasteiger partial charge in [0.1, 0.15) is 0 Å². The topological polar surface area (TPSA) is 118 Å². The van der Waals surface area contributed by atoms with Crippen molar-refractivity contribution >= 4 is 33.3 Å². The molecule has 1 atom stereocenters. The molecule has 1 aliphatic heterocycles. The minimum Gasteiger partial charge on any atom is -0.481 e. The zero-order chi connectivity index (χ0) is 15.6. The first kappa shape index (κ1) is 15.6. The van der Waals surface area contributed by atoms with Gasteiger partial charge in [0.05, 0.1) is 24.0 Å². The molecule has 0 saturated carbocycles. The number of carbonyl (C=O) groups is 2. The first-order chi connectivity index (χ1) is 9.78. The summed E-state index contributed by atoms with van der Waals surface area (Å²) in [7, 11) is -3.35. The number of carboxylic acids is 1. The predicted molar refractivity (Wildman–Crippen MR) is 72.8 cm³/mol. The van der Waals surface area contributed by atoms with Gasteiger partial charge in [-0.2, -0.15) is 0 Å². The van der Waals surface area contributed by atoms with Gasteiger partial charge >= 0.3 is 5.97 Å². The van der Waals surface area contributed by atoms with Gasteiger partial charge in [-0.3, -0.25) is 9.59 Å². The van der Waals surface area contributed by atoms with Crippen LogP contribution in [-0.4, -0.2) is 64.6 Å². The number of aromatic nitrogens is 2. The molecular weight excluding hydrogens is 322 g/mol. The summed E-state index contributed by atoms with van der Waals surface area (Å²) in [6.07, 6.45) is -0.439. The molecule has 1 amide bonds. The van der Waals surface area contributed by atoms with E-state index < -0.39 is 34.2 Å². The van der Waals surface area contributed by atoms with Crippen LogP contribution in [0.5, 0.6) is 0 Å². The lowest BCUT2D eigenvalue weighted by Gasteiger charge is -2.34. The van der Waals surface area contributed by atoms with Crippen LogP contribution in [0.1, 0.15) is 16.9 Å². The molecule has 1 aromatic heterocycles. The van der Waals surface area contributed by atoms with E-state index in [0.29, 0.717) is 0 Å². The minimum atomic E-state index is -3.35. The molecule has 8 nitrogen and oxygen atoms in total. The molecule has 114 valence electrons. The largest absolute Gasteiger partial charge is 0.481 e. The summed E-state index contributed by atoms with van der Waals surface area (Å²) >= 11 is 5.58. The fourth-order valence-corrected chi connectivity index (χ4v) is 3.73. The third-order valence-corrected chi connectivity index (χ3v) is 4.95. The summed E-state index contributed by atoms with van der Waals surface area (Å²) in [4.78, 5) is 24.4. The number of halogens is 1. The van der Waals surface area contributed by atoms with Crippen molar-refractivity contribution in [2.45, 2.75) is 12.5 Å². The van der Waals surface area contributed by atoms with Crippen LogP contribution in [0.25, 0.3) is 0 Å². The van der Waals surface area contributed by atoms with Crippen molar-refractivity contribution in [3.63, 3.8) is 0 Å². The second-order valence-corrected chi connectivity index (χ2v) is 7.22. The van der Waals surface area contributed by atoms with Gasteiger partial charge in [-0.05, 0) is 12.1 Å². The maximum atomic E-state index is 12.3. The Labute approximate surface area is 125 Å². The summed E-state index contributed by atoms with van der Waals surface area (Å²) in [5.41, 5.74) is -0.00548. The number of hydrogen-bond donors (Lipinski definition) is 1. The van der Waals surface area contributed by atoms with E-state index in [1.807, 2.05) is 0 Å². The second kappa shape index (κ2) is 5.94. The Bertz CT molecular complexity index is 661. The Balaban J connectivity index is 2.24. The van der Waals surface area contributed by atoms with Crippen LogP contribution < -0.4 is 0 Å². The molecule has 1 aliphatic rings. The molecular formula is C11H12ClN3O5S. The fourth-order valence-electron chi connectivity index (χ4n) is 2.10. The van der Waals surface area contributed by atoms with Crippen molar-refractivity contribution in [2.75, 3.05) is 18.1 Å². The van der Waals surface area contributed by atoms with E-state index in [9.17, 15) is 18.0 Å². The van der Waals surface area contributed by atoms with Gasteiger partial charge in [0.25, 0.3) is 5.91 Å². The summed E-state index contributed by atoms with van der Waals surface area (Å²) in [6.45, 7) is -0.0661. The van der Waals surface area contributed by atoms with Gasteiger partial charge in [0, 0.05) is 6.54 Å². The van der Waals surface area contributed by atoms with Crippen LogP contribution in [-0.2, 0) is 14.6 Å².